The minimum absolute atomic E-state index is 0.128. The zero-order chi connectivity index (χ0) is 15.1. The van der Waals surface area contributed by atoms with Gasteiger partial charge in [0.2, 0.25) is 0 Å². The van der Waals surface area contributed by atoms with Crippen LogP contribution in [0.3, 0.4) is 0 Å². The average molecular weight is 355 g/mol. The summed E-state index contributed by atoms with van der Waals surface area (Å²) in [6, 6.07) is 9.87. The molecule has 0 N–H and O–H groups in total. The molecule has 114 valence electrons. The maximum absolute atomic E-state index is 12.2. The predicted molar refractivity (Wildman–Crippen MR) is 80.5 cm³/mol. The third-order valence-electron chi connectivity index (χ3n) is 3.68. The van der Waals surface area contributed by atoms with Crippen LogP contribution in [-0.4, -0.2) is 45.9 Å². The molecule has 0 radical (unpaired) electrons. The maximum atomic E-state index is 12.2. The van der Waals surface area contributed by atoms with Crippen molar-refractivity contribution in [3.8, 4) is 0 Å². The second-order valence-corrected chi connectivity index (χ2v) is 7.54. The first-order chi connectivity index (χ1) is 10.2. The molecule has 0 unspecified atom stereocenters. The fourth-order valence-electron chi connectivity index (χ4n) is 2.47. The van der Waals surface area contributed by atoms with E-state index >= 15 is 0 Å². The Kier molecular flexibility index (Phi) is 6.43. The van der Waals surface area contributed by atoms with Crippen LogP contribution in [0.5, 0.6) is 0 Å². The molecule has 21 heavy (non-hydrogen) atoms. The van der Waals surface area contributed by atoms with Crippen LogP contribution in [0.2, 0.25) is 0 Å². The Bertz CT molecular complexity index is 474. The summed E-state index contributed by atoms with van der Waals surface area (Å²) in [5.74, 6) is 0.341. The molecule has 0 saturated carbocycles. The van der Waals surface area contributed by atoms with Gasteiger partial charge in [-0.2, -0.15) is 0 Å². The molecular formula is C16H20O4Se. The predicted octanol–water partition coefficient (Wildman–Crippen LogP) is 1.15. The number of hydrogen-bond acceptors (Lipinski definition) is 4. The summed E-state index contributed by atoms with van der Waals surface area (Å²) in [6.45, 7) is 1.27. The molecule has 0 bridgehead atoms. The number of hydrogen-bond donors (Lipinski definition) is 0. The number of esters is 1. The van der Waals surface area contributed by atoms with E-state index in [1.165, 1.54) is 7.11 Å². The van der Waals surface area contributed by atoms with Crippen LogP contribution in [0, 0.1) is 11.8 Å². The van der Waals surface area contributed by atoms with Crippen LogP contribution in [0.25, 0.3) is 0 Å². The zero-order valence-corrected chi connectivity index (χ0v) is 13.8. The standard InChI is InChI=1S/C16H20O4Se/c1-19-15(17)8-7-12-10-20-11-13(12)9-16(18)21-14-5-3-2-4-6-14/h2-6,12-13H,7-11H2,1H3/t12-,13+/m1/s1. The van der Waals surface area contributed by atoms with Crippen molar-refractivity contribution in [2.24, 2.45) is 11.8 Å². The fourth-order valence-corrected chi connectivity index (χ4v) is 4.26. The van der Waals surface area contributed by atoms with Gasteiger partial charge < -0.3 is 0 Å². The number of carbonyl (C=O) groups excluding carboxylic acids is 2. The fraction of sp³-hybridized carbons (Fsp3) is 0.500. The van der Waals surface area contributed by atoms with Gasteiger partial charge in [-0.05, 0) is 0 Å². The third kappa shape index (κ3) is 5.27. The van der Waals surface area contributed by atoms with Crippen LogP contribution in [0.1, 0.15) is 19.3 Å². The summed E-state index contributed by atoms with van der Waals surface area (Å²) >= 11 is -0.128. The van der Waals surface area contributed by atoms with E-state index < -0.39 is 0 Å². The average Bonchev–Trinajstić information content (AvgIpc) is 2.92. The first-order valence-electron chi connectivity index (χ1n) is 7.09. The Morgan fingerprint density at radius 3 is 2.67 bits per heavy atom. The number of benzene rings is 1. The van der Waals surface area contributed by atoms with Gasteiger partial charge in [0.05, 0.1) is 0 Å². The van der Waals surface area contributed by atoms with Crippen molar-refractivity contribution in [1.82, 2.24) is 0 Å². The van der Waals surface area contributed by atoms with Gasteiger partial charge in [0.25, 0.3) is 0 Å². The molecule has 1 fully saturated rings. The van der Waals surface area contributed by atoms with Crippen molar-refractivity contribution < 1.29 is 19.1 Å². The van der Waals surface area contributed by atoms with Crippen LogP contribution in [0.15, 0.2) is 30.3 Å². The van der Waals surface area contributed by atoms with E-state index in [9.17, 15) is 9.59 Å². The zero-order valence-electron chi connectivity index (χ0n) is 12.1. The topological polar surface area (TPSA) is 52.6 Å². The van der Waals surface area contributed by atoms with Gasteiger partial charge in [-0.3, -0.25) is 0 Å². The summed E-state index contributed by atoms with van der Waals surface area (Å²) < 4.78 is 11.6. The van der Waals surface area contributed by atoms with Gasteiger partial charge in [0.1, 0.15) is 0 Å². The van der Waals surface area contributed by atoms with Crippen LogP contribution in [0.4, 0.5) is 0 Å². The summed E-state index contributed by atoms with van der Waals surface area (Å²) in [4.78, 5) is 23.4. The summed E-state index contributed by atoms with van der Waals surface area (Å²) in [5, 5.41) is 0. The summed E-state index contributed by atoms with van der Waals surface area (Å²) in [6.07, 6.45) is 1.70. The van der Waals surface area contributed by atoms with Gasteiger partial charge in [-0.15, -0.1) is 0 Å². The molecule has 1 aromatic carbocycles. The van der Waals surface area contributed by atoms with Gasteiger partial charge in [-0.25, -0.2) is 0 Å². The van der Waals surface area contributed by atoms with Gasteiger partial charge in [0, 0.05) is 0 Å². The molecule has 0 aliphatic carbocycles. The van der Waals surface area contributed by atoms with Crippen molar-refractivity contribution in [1.29, 1.82) is 0 Å². The number of ether oxygens (including phenoxy) is 2. The SMILES string of the molecule is COC(=O)CC[C@@H]1COC[C@@H]1CC(=O)[Se]c1ccccc1. The molecule has 1 aromatic rings. The Hall–Kier alpha value is -1.16. The van der Waals surface area contributed by atoms with Crippen LogP contribution >= 0.6 is 0 Å². The van der Waals surface area contributed by atoms with Gasteiger partial charge >= 0.3 is 131 Å². The van der Waals surface area contributed by atoms with E-state index in [-0.39, 0.29) is 26.8 Å². The molecule has 4 nitrogen and oxygen atoms in total. The van der Waals surface area contributed by atoms with Gasteiger partial charge in [-0.1, -0.05) is 0 Å². The monoisotopic (exact) mass is 356 g/mol. The molecular weight excluding hydrogens is 335 g/mol. The third-order valence-corrected chi connectivity index (χ3v) is 5.57. The van der Waals surface area contributed by atoms with E-state index in [2.05, 4.69) is 4.74 Å². The second-order valence-electron chi connectivity index (χ2n) is 5.16. The Balaban J connectivity index is 1.80. The van der Waals surface area contributed by atoms with Crippen molar-refractivity contribution >= 4 is 30.1 Å². The number of methoxy groups -OCH3 is 1. The quantitative estimate of drug-likeness (QED) is 0.544. The first-order valence-corrected chi connectivity index (χ1v) is 8.80. The Morgan fingerprint density at radius 2 is 1.95 bits per heavy atom. The van der Waals surface area contributed by atoms with E-state index in [1.54, 1.807) is 0 Å². The molecule has 2 rings (SSSR count). The molecule has 2 atom stereocenters. The number of carbonyl (C=O) groups is 2. The van der Waals surface area contributed by atoms with Crippen LogP contribution in [-0.2, 0) is 19.1 Å². The van der Waals surface area contributed by atoms with E-state index in [0.29, 0.717) is 36.7 Å². The molecule has 0 aromatic heterocycles. The molecule has 1 heterocycles. The second kappa shape index (κ2) is 8.32. The van der Waals surface area contributed by atoms with E-state index in [1.807, 2.05) is 30.3 Å². The van der Waals surface area contributed by atoms with E-state index in [4.69, 9.17) is 4.74 Å². The number of rotatable bonds is 7. The molecule has 1 saturated heterocycles. The molecule has 0 amide bonds. The van der Waals surface area contributed by atoms with Crippen molar-refractivity contribution in [3.63, 3.8) is 0 Å². The Morgan fingerprint density at radius 1 is 1.24 bits per heavy atom. The summed E-state index contributed by atoms with van der Waals surface area (Å²) in [7, 11) is 1.40. The first kappa shape index (κ1) is 16.2. The molecule has 0 spiro atoms. The summed E-state index contributed by atoms with van der Waals surface area (Å²) in [5.41, 5.74) is 0. The molecule has 5 heteroatoms. The normalized spacial score (nSPS) is 21.2. The van der Waals surface area contributed by atoms with Crippen molar-refractivity contribution in [2.75, 3.05) is 20.3 Å². The van der Waals surface area contributed by atoms with E-state index in [0.717, 1.165) is 10.9 Å². The Labute approximate surface area is 131 Å². The molecule has 1 aliphatic rings. The van der Waals surface area contributed by atoms with Crippen molar-refractivity contribution in [3.05, 3.63) is 30.3 Å². The minimum atomic E-state index is -0.194. The molecule has 1 aliphatic heterocycles. The van der Waals surface area contributed by atoms with Crippen LogP contribution < -0.4 is 4.46 Å². The van der Waals surface area contributed by atoms with Crippen molar-refractivity contribution in [2.45, 2.75) is 19.3 Å². The van der Waals surface area contributed by atoms with Gasteiger partial charge in [0.15, 0.2) is 0 Å².